The third-order valence-electron chi connectivity index (χ3n) is 3.59. The summed E-state index contributed by atoms with van der Waals surface area (Å²) in [5.41, 5.74) is 9.81. The van der Waals surface area contributed by atoms with Crippen LogP contribution >= 0.6 is 0 Å². The molecule has 98 valence electrons. The average Bonchev–Trinajstić information content (AvgIpc) is 2.34. The van der Waals surface area contributed by atoms with E-state index in [4.69, 9.17) is 5.73 Å². The number of carbonyl (C=O) groups excluding carboxylic acids is 1. The van der Waals surface area contributed by atoms with Gasteiger partial charge in [0.05, 0.1) is 12.2 Å². The van der Waals surface area contributed by atoms with Gasteiger partial charge in [-0.15, -0.1) is 0 Å². The molecule has 1 aliphatic rings. The van der Waals surface area contributed by atoms with E-state index in [9.17, 15) is 4.79 Å². The van der Waals surface area contributed by atoms with Crippen molar-refractivity contribution in [2.75, 3.05) is 32.4 Å². The number of amides is 1. The van der Waals surface area contributed by atoms with Crippen molar-refractivity contribution in [3.8, 4) is 0 Å². The summed E-state index contributed by atoms with van der Waals surface area (Å²) in [5.74, 6) is 0.166. The molecule has 1 aliphatic heterocycles. The monoisotopic (exact) mass is 248 g/mol. The van der Waals surface area contributed by atoms with Crippen LogP contribution in [-0.2, 0) is 11.3 Å². The number of nitrogen functional groups attached to an aromatic ring is 1. The molecule has 0 radical (unpaired) electrons. The molecule has 1 saturated heterocycles. The average molecular weight is 248 g/mol. The lowest BCUT2D eigenvalue weighted by molar-refractivity contribution is -0.134. The zero-order chi connectivity index (χ0) is 13.3. The lowest BCUT2D eigenvalue weighted by Crippen LogP contribution is -2.48. The molecule has 0 atom stereocenters. The zero-order valence-electron chi connectivity index (χ0n) is 11.2. The van der Waals surface area contributed by atoms with Gasteiger partial charge in [-0.1, -0.05) is 0 Å². The summed E-state index contributed by atoms with van der Waals surface area (Å²) in [4.78, 5) is 20.0. The van der Waals surface area contributed by atoms with Crippen LogP contribution in [0, 0.1) is 13.8 Å². The highest BCUT2D eigenvalue weighted by atomic mass is 16.2. The molecule has 2 N–H and O–H groups in total. The fourth-order valence-corrected chi connectivity index (χ4v) is 2.11. The fraction of sp³-hybridized carbons (Fsp3) is 0.538. The standard InChI is InChI=1S/C13H20N4O/c1-9-6-15-11(10(2)13(9)14)7-17-5-4-16(3)12(18)8-17/h6H,4-5,7-8H2,1-3H3,(H2,14,15). The summed E-state index contributed by atoms with van der Waals surface area (Å²) < 4.78 is 0. The van der Waals surface area contributed by atoms with Crippen molar-refractivity contribution in [2.45, 2.75) is 20.4 Å². The first-order chi connectivity index (χ1) is 8.49. The molecular formula is C13H20N4O. The van der Waals surface area contributed by atoms with Crippen molar-refractivity contribution in [1.82, 2.24) is 14.8 Å². The second-order valence-electron chi connectivity index (χ2n) is 4.95. The van der Waals surface area contributed by atoms with Crippen LogP contribution in [0.5, 0.6) is 0 Å². The van der Waals surface area contributed by atoms with Gasteiger partial charge in [-0.25, -0.2) is 0 Å². The van der Waals surface area contributed by atoms with Crippen LogP contribution in [0.1, 0.15) is 16.8 Å². The van der Waals surface area contributed by atoms with E-state index in [0.717, 1.165) is 35.6 Å². The number of anilines is 1. The van der Waals surface area contributed by atoms with Crippen LogP contribution in [0.2, 0.25) is 0 Å². The highest BCUT2D eigenvalue weighted by Crippen LogP contribution is 2.19. The number of piperazine rings is 1. The Hall–Kier alpha value is -1.62. The van der Waals surface area contributed by atoms with Crippen molar-refractivity contribution in [3.05, 3.63) is 23.0 Å². The molecule has 0 bridgehead atoms. The minimum absolute atomic E-state index is 0.166. The predicted octanol–water partition coefficient (Wildman–Crippen LogP) is 0.555. The van der Waals surface area contributed by atoms with Gasteiger partial charge in [0.2, 0.25) is 5.91 Å². The zero-order valence-corrected chi connectivity index (χ0v) is 11.2. The van der Waals surface area contributed by atoms with Gasteiger partial charge in [-0.05, 0) is 25.0 Å². The van der Waals surface area contributed by atoms with Crippen molar-refractivity contribution in [3.63, 3.8) is 0 Å². The second-order valence-corrected chi connectivity index (χ2v) is 4.95. The number of carbonyl (C=O) groups is 1. The molecule has 5 nitrogen and oxygen atoms in total. The number of likely N-dealkylation sites (N-methyl/N-ethyl adjacent to an activating group) is 1. The van der Waals surface area contributed by atoms with Crippen molar-refractivity contribution >= 4 is 11.6 Å². The smallest absolute Gasteiger partial charge is 0.236 e. The Morgan fingerprint density at radius 3 is 2.78 bits per heavy atom. The maximum absolute atomic E-state index is 11.6. The van der Waals surface area contributed by atoms with E-state index in [0.29, 0.717) is 13.1 Å². The first-order valence-corrected chi connectivity index (χ1v) is 6.16. The van der Waals surface area contributed by atoms with E-state index in [-0.39, 0.29) is 5.91 Å². The largest absolute Gasteiger partial charge is 0.398 e. The first kappa shape index (κ1) is 12.8. The van der Waals surface area contributed by atoms with Gasteiger partial charge in [0.25, 0.3) is 0 Å². The lowest BCUT2D eigenvalue weighted by atomic mass is 10.1. The second kappa shape index (κ2) is 4.94. The first-order valence-electron chi connectivity index (χ1n) is 6.16. The Bertz CT molecular complexity index is 472. The summed E-state index contributed by atoms with van der Waals surface area (Å²) >= 11 is 0. The molecule has 0 spiro atoms. The van der Waals surface area contributed by atoms with Gasteiger partial charge >= 0.3 is 0 Å². The third-order valence-corrected chi connectivity index (χ3v) is 3.59. The molecule has 5 heteroatoms. The summed E-state index contributed by atoms with van der Waals surface area (Å²) in [7, 11) is 1.84. The van der Waals surface area contributed by atoms with Gasteiger partial charge in [-0.3, -0.25) is 14.7 Å². The summed E-state index contributed by atoms with van der Waals surface area (Å²) in [5, 5.41) is 0. The molecule has 2 heterocycles. The molecule has 1 aromatic heterocycles. The Morgan fingerprint density at radius 1 is 1.39 bits per heavy atom. The maximum atomic E-state index is 11.6. The highest BCUT2D eigenvalue weighted by Gasteiger charge is 2.21. The number of rotatable bonds is 2. The quantitative estimate of drug-likeness (QED) is 0.830. The predicted molar refractivity (Wildman–Crippen MR) is 71.0 cm³/mol. The Kier molecular flexibility index (Phi) is 3.52. The van der Waals surface area contributed by atoms with Gasteiger partial charge in [-0.2, -0.15) is 0 Å². The van der Waals surface area contributed by atoms with Crippen molar-refractivity contribution in [1.29, 1.82) is 0 Å². The number of pyridine rings is 1. The molecule has 0 aromatic carbocycles. The molecule has 18 heavy (non-hydrogen) atoms. The van der Waals surface area contributed by atoms with E-state index in [2.05, 4.69) is 9.88 Å². The van der Waals surface area contributed by atoms with E-state index in [1.165, 1.54) is 0 Å². The molecule has 1 fully saturated rings. The topological polar surface area (TPSA) is 62.5 Å². The van der Waals surface area contributed by atoms with Crippen LogP contribution < -0.4 is 5.73 Å². The lowest BCUT2D eigenvalue weighted by Gasteiger charge is -2.32. The summed E-state index contributed by atoms with van der Waals surface area (Å²) in [6.07, 6.45) is 1.80. The molecular weight excluding hydrogens is 228 g/mol. The number of nitrogens with two attached hydrogens (primary N) is 1. The van der Waals surface area contributed by atoms with Gasteiger partial charge < -0.3 is 10.6 Å². The third kappa shape index (κ3) is 2.46. The minimum Gasteiger partial charge on any atom is -0.398 e. The SMILES string of the molecule is Cc1cnc(CN2CCN(C)C(=O)C2)c(C)c1N. The number of hydrogen-bond donors (Lipinski definition) is 1. The highest BCUT2D eigenvalue weighted by molar-refractivity contribution is 5.78. The number of nitrogens with zero attached hydrogens (tertiary/aromatic N) is 3. The number of hydrogen-bond acceptors (Lipinski definition) is 4. The molecule has 0 aliphatic carbocycles. The van der Waals surface area contributed by atoms with E-state index >= 15 is 0 Å². The van der Waals surface area contributed by atoms with Crippen LogP contribution in [0.25, 0.3) is 0 Å². The Balaban J connectivity index is 2.11. The van der Waals surface area contributed by atoms with E-state index in [1.54, 1.807) is 11.1 Å². The van der Waals surface area contributed by atoms with E-state index in [1.807, 2.05) is 20.9 Å². The number of aryl methyl sites for hydroxylation is 1. The summed E-state index contributed by atoms with van der Waals surface area (Å²) in [6.45, 7) is 6.76. The van der Waals surface area contributed by atoms with E-state index < -0.39 is 0 Å². The minimum atomic E-state index is 0.166. The van der Waals surface area contributed by atoms with Gasteiger partial charge in [0.1, 0.15) is 0 Å². The van der Waals surface area contributed by atoms with Crippen molar-refractivity contribution in [2.24, 2.45) is 0 Å². The molecule has 1 aromatic rings. The van der Waals surface area contributed by atoms with Gasteiger partial charge in [0, 0.05) is 38.6 Å². The molecule has 1 amide bonds. The summed E-state index contributed by atoms with van der Waals surface area (Å²) in [6, 6.07) is 0. The normalized spacial score (nSPS) is 17.3. The molecule has 0 saturated carbocycles. The molecule has 0 unspecified atom stereocenters. The van der Waals surface area contributed by atoms with Crippen molar-refractivity contribution < 1.29 is 4.79 Å². The van der Waals surface area contributed by atoms with Crippen LogP contribution in [0.15, 0.2) is 6.20 Å². The Morgan fingerprint density at radius 2 is 2.11 bits per heavy atom. The van der Waals surface area contributed by atoms with Crippen LogP contribution in [-0.4, -0.2) is 47.4 Å². The van der Waals surface area contributed by atoms with Crippen LogP contribution in [0.4, 0.5) is 5.69 Å². The van der Waals surface area contributed by atoms with Gasteiger partial charge in [0.15, 0.2) is 0 Å². The fourth-order valence-electron chi connectivity index (χ4n) is 2.11. The maximum Gasteiger partial charge on any atom is 0.236 e. The molecule has 2 rings (SSSR count). The number of aromatic nitrogens is 1. The van der Waals surface area contributed by atoms with Crippen LogP contribution in [0.3, 0.4) is 0 Å². The Labute approximate surface area is 108 Å².